The molecular weight excluding hydrogens is 454 g/mol. The van der Waals surface area contributed by atoms with Gasteiger partial charge in [-0.05, 0) is 36.4 Å². The van der Waals surface area contributed by atoms with E-state index < -0.39 is 0 Å². The van der Waals surface area contributed by atoms with E-state index in [1.807, 2.05) is 24.3 Å². The molecule has 2 aromatic heterocycles. The number of rotatable bonds is 9. The number of hydrogen-bond acceptors (Lipinski definition) is 8. The Kier molecular flexibility index (Phi) is 7.28. The normalized spacial score (nSPS) is 10.6. The van der Waals surface area contributed by atoms with Crippen molar-refractivity contribution < 1.29 is 14.2 Å². The third-order valence-electron chi connectivity index (χ3n) is 4.97. The Labute approximate surface area is 201 Å². The molecule has 0 atom stereocenters. The van der Waals surface area contributed by atoms with E-state index in [1.165, 1.54) is 6.20 Å². The number of methoxy groups -OCH3 is 1. The predicted molar refractivity (Wildman–Crippen MR) is 132 cm³/mol. The monoisotopic (exact) mass is 475 g/mol. The Morgan fingerprint density at radius 3 is 2.68 bits per heavy atom. The Morgan fingerprint density at radius 2 is 1.94 bits per heavy atom. The first-order valence-corrected chi connectivity index (χ1v) is 10.8. The number of hydrogen-bond donors (Lipinski definition) is 2. The fraction of sp³-hybridized carbons (Fsp3) is 0.160. The average Bonchev–Trinajstić information content (AvgIpc) is 2.85. The van der Waals surface area contributed by atoms with Gasteiger partial charge in [0.05, 0.1) is 39.8 Å². The van der Waals surface area contributed by atoms with E-state index in [0.717, 1.165) is 5.69 Å². The molecule has 8 nitrogen and oxygen atoms in total. The van der Waals surface area contributed by atoms with Crippen molar-refractivity contribution >= 4 is 39.6 Å². The van der Waals surface area contributed by atoms with Crippen LogP contribution in [0, 0.1) is 11.3 Å². The lowest BCUT2D eigenvalue weighted by molar-refractivity contribution is 0.147. The van der Waals surface area contributed by atoms with Crippen molar-refractivity contribution in [3.8, 4) is 17.6 Å². The standard InChI is InChI=1S/C25H22ClN5O3/c1-32-8-9-33-24-12-22-19(11-21(24)28)25(16(13-27)14-30-22)31-17-5-6-23(20(26)10-17)34-15-18-4-2-3-7-29-18/h2-7,10-12,14H,8-9,15,28H2,1H3,(H,30,31). The summed E-state index contributed by atoms with van der Waals surface area (Å²) in [6.45, 7) is 1.10. The molecule has 3 N–H and O–H groups in total. The van der Waals surface area contributed by atoms with E-state index in [-0.39, 0.29) is 0 Å². The summed E-state index contributed by atoms with van der Waals surface area (Å²) in [5.41, 5.74) is 9.67. The highest BCUT2D eigenvalue weighted by Crippen LogP contribution is 2.36. The molecular formula is C25H22ClN5O3. The fourth-order valence-electron chi connectivity index (χ4n) is 3.29. The van der Waals surface area contributed by atoms with Crippen LogP contribution in [-0.4, -0.2) is 30.3 Å². The summed E-state index contributed by atoms with van der Waals surface area (Å²) in [5, 5.41) is 14.0. The number of nitrogen functional groups attached to an aromatic ring is 1. The molecule has 0 aliphatic carbocycles. The van der Waals surface area contributed by atoms with Crippen molar-refractivity contribution in [3.05, 3.63) is 77.2 Å². The van der Waals surface area contributed by atoms with Gasteiger partial charge in [-0.3, -0.25) is 9.97 Å². The van der Waals surface area contributed by atoms with Crippen LogP contribution in [-0.2, 0) is 11.3 Å². The zero-order valence-corrected chi connectivity index (χ0v) is 19.2. The van der Waals surface area contributed by atoms with Gasteiger partial charge in [0.2, 0.25) is 0 Å². The lowest BCUT2D eigenvalue weighted by atomic mass is 10.1. The number of nitriles is 1. The van der Waals surface area contributed by atoms with Crippen molar-refractivity contribution in [1.29, 1.82) is 5.26 Å². The topological polar surface area (TPSA) is 115 Å². The number of halogens is 1. The van der Waals surface area contributed by atoms with Gasteiger partial charge in [0.25, 0.3) is 0 Å². The molecule has 4 rings (SSSR count). The van der Waals surface area contributed by atoms with Crippen LogP contribution >= 0.6 is 11.6 Å². The van der Waals surface area contributed by atoms with Gasteiger partial charge in [0.15, 0.2) is 0 Å². The van der Waals surface area contributed by atoms with Gasteiger partial charge < -0.3 is 25.3 Å². The number of anilines is 3. The van der Waals surface area contributed by atoms with Crippen LogP contribution in [0.3, 0.4) is 0 Å². The average molecular weight is 476 g/mol. The molecule has 172 valence electrons. The summed E-state index contributed by atoms with van der Waals surface area (Å²) in [6, 6.07) is 16.6. The van der Waals surface area contributed by atoms with Crippen LogP contribution < -0.4 is 20.5 Å². The summed E-state index contributed by atoms with van der Waals surface area (Å²) in [5.74, 6) is 1.03. The van der Waals surface area contributed by atoms with Crippen molar-refractivity contribution in [2.24, 2.45) is 0 Å². The minimum absolute atomic E-state index is 0.301. The molecule has 2 heterocycles. The van der Waals surface area contributed by atoms with Crippen molar-refractivity contribution in [2.75, 3.05) is 31.4 Å². The summed E-state index contributed by atoms with van der Waals surface area (Å²) < 4.78 is 16.5. The largest absolute Gasteiger partial charge is 0.489 e. The van der Waals surface area contributed by atoms with Gasteiger partial charge >= 0.3 is 0 Å². The Hall–Kier alpha value is -4.06. The second-order valence-electron chi connectivity index (χ2n) is 7.29. The molecule has 0 unspecified atom stereocenters. The molecule has 2 aromatic carbocycles. The number of nitrogens with two attached hydrogens (primary N) is 1. The Morgan fingerprint density at radius 1 is 1.06 bits per heavy atom. The van der Waals surface area contributed by atoms with Gasteiger partial charge in [-0.2, -0.15) is 5.26 Å². The zero-order valence-electron chi connectivity index (χ0n) is 18.4. The molecule has 0 bridgehead atoms. The van der Waals surface area contributed by atoms with Crippen molar-refractivity contribution in [1.82, 2.24) is 9.97 Å². The lowest BCUT2D eigenvalue weighted by Crippen LogP contribution is -2.06. The molecule has 0 saturated carbocycles. The quantitative estimate of drug-likeness (QED) is 0.254. The van der Waals surface area contributed by atoms with E-state index >= 15 is 0 Å². The third kappa shape index (κ3) is 5.29. The first-order valence-electron chi connectivity index (χ1n) is 10.4. The number of fused-ring (bicyclic) bond motifs is 1. The molecule has 0 aliphatic heterocycles. The van der Waals surface area contributed by atoms with Crippen molar-refractivity contribution in [2.45, 2.75) is 6.61 Å². The second kappa shape index (κ2) is 10.7. The Bertz CT molecular complexity index is 1340. The maximum absolute atomic E-state index is 9.65. The molecule has 9 heteroatoms. The van der Waals surface area contributed by atoms with E-state index in [0.29, 0.717) is 69.9 Å². The van der Waals surface area contributed by atoms with Gasteiger partial charge in [-0.1, -0.05) is 17.7 Å². The second-order valence-corrected chi connectivity index (χ2v) is 7.69. The van der Waals surface area contributed by atoms with Crippen LogP contribution in [0.25, 0.3) is 10.9 Å². The summed E-state index contributed by atoms with van der Waals surface area (Å²) in [7, 11) is 1.60. The number of nitrogens with one attached hydrogen (secondary N) is 1. The molecule has 34 heavy (non-hydrogen) atoms. The van der Waals surface area contributed by atoms with E-state index in [2.05, 4.69) is 21.4 Å². The summed E-state index contributed by atoms with van der Waals surface area (Å²) >= 11 is 6.45. The van der Waals surface area contributed by atoms with Crippen LogP contribution in [0.5, 0.6) is 11.5 Å². The molecule has 0 fully saturated rings. The van der Waals surface area contributed by atoms with E-state index in [4.69, 9.17) is 31.5 Å². The molecule has 0 amide bonds. The molecule has 0 spiro atoms. The smallest absolute Gasteiger partial charge is 0.144 e. The minimum Gasteiger partial charge on any atom is -0.489 e. The van der Waals surface area contributed by atoms with Crippen LogP contribution in [0.4, 0.5) is 17.1 Å². The number of nitrogens with zero attached hydrogens (tertiary/aromatic N) is 3. The van der Waals surface area contributed by atoms with Crippen LogP contribution in [0.1, 0.15) is 11.3 Å². The fourth-order valence-corrected chi connectivity index (χ4v) is 3.53. The van der Waals surface area contributed by atoms with E-state index in [1.54, 1.807) is 37.6 Å². The third-order valence-corrected chi connectivity index (χ3v) is 5.26. The predicted octanol–water partition coefficient (Wildman–Crippen LogP) is 5.08. The molecule has 4 aromatic rings. The number of benzene rings is 2. The number of ether oxygens (including phenoxy) is 3. The summed E-state index contributed by atoms with van der Waals surface area (Å²) in [6.07, 6.45) is 3.21. The zero-order chi connectivity index (χ0) is 23.9. The highest BCUT2D eigenvalue weighted by molar-refractivity contribution is 6.32. The number of pyridine rings is 2. The van der Waals surface area contributed by atoms with Gasteiger partial charge in [-0.15, -0.1) is 0 Å². The van der Waals surface area contributed by atoms with Gasteiger partial charge in [0.1, 0.15) is 30.8 Å². The first-order chi connectivity index (χ1) is 16.6. The highest BCUT2D eigenvalue weighted by Gasteiger charge is 2.14. The van der Waals surface area contributed by atoms with Gasteiger partial charge in [-0.25, -0.2) is 0 Å². The lowest BCUT2D eigenvalue weighted by Gasteiger charge is -2.15. The van der Waals surface area contributed by atoms with Gasteiger partial charge in [0, 0.05) is 36.6 Å². The van der Waals surface area contributed by atoms with Crippen LogP contribution in [0.2, 0.25) is 5.02 Å². The molecule has 0 aliphatic rings. The summed E-state index contributed by atoms with van der Waals surface area (Å²) in [4.78, 5) is 8.62. The SMILES string of the molecule is COCCOc1cc2ncc(C#N)c(Nc3ccc(OCc4ccccn4)c(Cl)c3)c2cc1N. The van der Waals surface area contributed by atoms with Crippen molar-refractivity contribution in [3.63, 3.8) is 0 Å². The Balaban J connectivity index is 1.59. The molecule has 0 radical (unpaired) electrons. The first kappa shape index (κ1) is 23.1. The molecule has 0 saturated heterocycles. The maximum atomic E-state index is 9.65. The maximum Gasteiger partial charge on any atom is 0.144 e. The number of aromatic nitrogens is 2. The van der Waals surface area contributed by atoms with Crippen LogP contribution in [0.15, 0.2) is 60.9 Å². The van der Waals surface area contributed by atoms with E-state index in [9.17, 15) is 5.26 Å². The highest BCUT2D eigenvalue weighted by atomic mass is 35.5. The minimum atomic E-state index is 0.301.